The van der Waals surface area contributed by atoms with Crippen LogP contribution in [0.15, 0.2) is 72.8 Å². The van der Waals surface area contributed by atoms with E-state index >= 15 is 0 Å². The number of methoxy groups -OCH3 is 10. The maximum absolute atomic E-state index is 12.8. The zero-order valence-corrected chi connectivity index (χ0v) is 47.9. The summed E-state index contributed by atoms with van der Waals surface area (Å²) < 4.78 is 69.7. The van der Waals surface area contributed by atoms with Gasteiger partial charge in [-0.05, 0) is 77.2 Å². The van der Waals surface area contributed by atoms with Gasteiger partial charge in [-0.15, -0.1) is 0 Å². The number of esters is 2. The summed E-state index contributed by atoms with van der Waals surface area (Å²) in [5, 5.41) is 0. The lowest BCUT2D eigenvalue weighted by Crippen LogP contribution is -3.00. The lowest BCUT2D eigenvalue weighted by atomic mass is 9.86. The van der Waals surface area contributed by atoms with E-state index < -0.39 is 5.97 Å². The number of allylic oxidation sites excluding steroid dienone is 3. The number of carbonyl (C=O) groups excluding carboxylic acids is 2. The number of nitrogens with zero attached hydrogens (tertiary/aromatic N) is 2. The van der Waals surface area contributed by atoms with E-state index in [9.17, 15) is 9.59 Å². The smallest absolute Gasteiger partial charge is 0.330 e. The Morgan fingerprint density at radius 3 is 1.26 bits per heavy atom. The molecule has 18 heteroatoms. The molecule has 0 spiro atoms. The van der Waals surface area contributed by atoms with Gasteiger partial charge in [-0.25, -0.2) is 4.79 Å². The Kier molecular flexibility index (Phi) is 24.1. The minimum atomic E-state index is -0.426. The second-order valence-electron chi connectivity index (χ2n) is 19.1. The van der Waals surface area contributed by atoms with E-state index in [-0.39, 0.29) is 55.9 Å². The summed E-state index contributed by atoms with van der Waals surface area (Å²) in [6.45, 7) is 3.90. The van der Waals surface area contributed by atoms with Crippen LogP contribution in [-0.4, -0.2) is 145 Å². The summed E-state index contributed by atoms with van der Waals surface area (Å²) in [6, 6.07) is 16.5. The Morgan fingerprint density at radius 2 is 0.882 bits per heavy atom. The van der Waals surface area contributed by atoms with E-state index in [0.717, 1.165) is 59.1 Å². The van der Waals surface area contributed by atoms with Crippen LogP contribution in [0, 0.1) is 0 Å². The van der Waals surface area contributed by atoms with Gasteiger partial charge in [-0.2, -0.15) is 0 Å². The second-order valence-corrected chi connectivity index (χ2v) is 19.1. The van der Waals surface area contributed by atoms with Gasteiger partial charge in [0.15, 0.2) is 46.0 Å². The van der Waals surface area contributed by atoms with E-state index in [1.165, 1.54) is 28.3 Å². The van der Waals surface area contributed by atoms with Crippen molar-refractivity contribution in [3.63, 3.8) is 0 Å². The van der Waals surface area contributed by atoms with Crippen molar-refractivity contribution in [2.75, 3.05) is 125 Å². The predicted molar refractivity (Wildman–Crippen MR) is 282 cm³/mol. The average Bonchev–Trinajstić information content (AvgIpc) is 3.42. The molecule has 0 saturated carbocycles. The number of halogens is 2. The summed E-state index contributed by atoms with van der Waals surface area (Å²) in [4.78, 5) is 25.6. The third-order valence-corrected chi connectivity index (χ3v) is 14.7. The predicted octanol–water partition coefficient (Wildman–Crippen LogP) is 2.81. The lowest BCUT2D eigenvalue weighted by molar-refractivity contribution is -0.941. The first kappa shape index (κ1) is 62.3. The molecule has 0 radical (unpaired) electrons. The van der Waals surface area contributed by atoms with Crippen LogP contribution in [0.3, 0.4) is 0 Å². The highest BCUT2D eigenvalue weighted by molar-refractivity contribution is 5.82. The molecule has 0 fully saturated rings. The minimum absolute atomic E-state index is 0. The zero-order chi connectivity index (χ0) is 53.4. The molecule has 4 aromatic carbocycles. The molecule has 2 heterocycles. The third kappa shape index (κ3) is 14.8. The normalized spacial score (nSPS) is 18.5. The first-order valence-corrected chi connectivity index (χ1v) is 25.2. The fraction of sp³-hybridized carbons (Fsp3) is 0.483. The Balaban J connectivity index is 0.00000624. The number of hydrogen-bond acceptors (Lipinski definition) is 14. The maximum Gasteiger partial charge on any atom is 0.330 e. The van der Waals surface area contributed by atoms with Gasteiger partial charge in [0, 0.05) is 62.1 Å². The number of rotatable bonds is 27. The Hall–Kier alpha value is -6.20. The van der Waals surface area contributed by atoms with Gasteiger partial charge in [-0.3, -0.25) is 4.79 Å². The molecule has 2 aliphatic rings. The maximum atomic E-state index is 12.8. The van der Waals surface area contributed by atoms with Crippen molar-refractivity contribution in [3.05, 3.63) is 106 Å². The van der Waals surface area contributed by atoms with Gasteiger partial charge in [0.05, 0.1) is 125 Å². The van der Waals surface area contributed by atoms with Crippen molar-refractivity contribution in [2.45, 2.75) is 63.5 Å². The van der Waals surface area contributed by atoms with E-state index in [0.29, 0.717) is 96.2 Å². The molecule has 4 aromatic rings. The summed E-state index contributed by atoms with van der Waals surface area (Å²) >= 11 is 0. The van der Waals surface area contributed by atoms with Gasteiger partial charge in [0.1, 0.15) is 12.1 Å². The number of benzene rings is 4. The van der Waals surface area contributed by atoms with Crippen LogP contribution in [0.4, 0.5) is 0 Å². The Labute approximate surface area is 462 Å². The molecule has 0 saturated heterocycles. The zero-order valence-electron chi connectivity index (χ0n) is 46.3. The Bertz CT molecular complexity index is 2580. The fourth-order valence-corrected chi connectivity index (χ4v) is 10.7. The standard InChI is InChI=1S/C58H78N2O14.2ClH/c1-59(25-21-41-35-47(63-3)49(65-5)37-43(41)45(59)29-39-31-51(67-7)57(71-11)52(32-39)68-8)23-17-27-73-55(61)19-15-13-14-16-20-56(62)74-28-18-24-60(2)26-22-42-36-48(64-4)50(66-6)38-44(42)46(60)30-40-33-53(69-9)58(72-12)54(34-40)70-10;;/h13-15,19,31-38,45-46H,16-18,20-30H2,1-12H3;2*1H/q+2;;/p-2/b14-13?,19-15+;;/t45-,46-,59?,60?;;/m1../s1. The average molecular weight is 1100 g/mol. The molecule has 0 amide bonds. The van der Waals surface area contributed by atoms with Crippen LogP contribution in [0.1, 0.15) is 71.1 Å². The van der Waals surface area contributed by atoms with Gasteiger partial charge in [-0.1, -0.05) is 18.2 Å². The Morgan fingerprint density at radius 1 is 0.500 bits per heavy atom. The van der Waals surface area contributed by atoms with Crippen molar-refractivity contribution in [1.82, 2.24) is 0 Å². The van der Waals surface area contributed by atoms with Crippen molar-refractivity contribution in [1.29, 1.82) is 0 Å². The highest BCUT2D eigenvalue weighted by Crippen LogP contribution is 2.47. The van der Waals surface area contributed by atoms with Crippen LogP contribution in [-0.2, 0) is 44.7 Å². The van der Waals surface area contributed by atoms with Crippen LogP contribution in [0.25, 0.3) is 0 Å². The van der Waals surface area contributed by atoms with E-state index in [2.05, 4.69) is 38.4 Å². The SMILES string of the molecule is COc1cc2c(cc1OC)[C@@H](Cc1cc(OC)c(OC)c(OC)c1)[N+](C)(CCCOC(=O)/C=C/C=CCCC(=O)OCCC[N+]1(C)CCc3cc(OC)c(OC)cc3[C@H]1Cc1cc(OC)c(OC)c(OC)c1)CC2.[Cl-].[Cl-]. The molecule has 0 N–H and O–H groups in total. The number of ether oxygens (including phenoxy) is 12. The summed E-state index contributed by atoms with van der Waals surface area (Å²) in [7, 11) is 20.8. The molecule has 0 aromatic heterocycles. The topological polar surface area (TPSA) is 145 Å². The molecule has 2 aliphatic heterocycles. The number of likely N-dealkylation sites (N-methyl/N-ethyl adjacent to an activating group) is 2. The van der Waals surface area contributed by atoms with Gasteiger partial charge in [0.25, 0.3) is 0 Å². The molecular weight excluding hydrogens is 1020 g/mol. The van der Waals surface area contributed by atoms with Gasteiger partial charge < -0.3 is 90.6 Å². The molecule has 0 bridgehead atoms. The number of hydrogen-bond donors (Lipinski definition) is 0. The third-order valence-electron chi connectivity index (χ3n) is 14.7. The quantitative estimate of drug-likeness (QED) is 0.0284. The molecule has 4 atom stereocenters. The van der Waals surface area contributed by atoms with Crippen LogP contribution >= 0.6 is 0 Å². The molecule has 16 nitrogen and oxygen atoms in total. The van der Waals surface area contributed by atoms with E-state index in [1.54, 1.807) is 83.3 Å². The van der Waals surface area contributed by atoms with Crippen LogP contribution in [0.2, 0.25) is 0 Å². The van der Waals surface area contributed by atoms with E-state index in [1.807, 2.05) is 30.3 Å². The second kappa shape index (κ2) is 29.4. The fourth-order valence-electron chi connectivity index (χ4n) is 10.7. The largest absolute Gasteiger partial charge is 1.00 e. The lowest BCUT2D eigenvalue weighted by Gasteiger charge is -2.46. The van der Waals surface area contributed by atoms with E-state index in [4.69, 9.17) is 56.8 Å². The molecule has 2 unspecified atom stereocenters. The summed E-state index contributed by atoms with van der Waals surface area (Å²) in [6.07, 6.45) is 11.8. The van der Waals surface area contributed by atoms with Crippen molar-refractivity contribution < 1.29 is 100 Å². The molecule has 76 heavy (non-hydrogen) atoms. The van der Waals surface area contributed by atoms with Crippen molar-refractivity contribution in [3.8, 4) is 57.5 Å². The summed E-state index contributed by atoms with van der Waals surface area (Å²) in [5.41, 5.74) is 6.88. The van der Waals surface area contributed by atoms with Crippen LogP contribution in [0.5, 0.6) is 57.5 Å². The van der Waals surface area contributed by atoms with Gasteiger partial charge >= 0.3 is 11.9 Å². The van der Waals surface area contributed by atoms with Crippen molar-refractivity contribution >= 4 is 11.9 Å². The number of quaternary nitrogens is 2. The molecule has 6 rings (SSSR count). The highest BCUT2D eigenvalue weighted by Gasteiger charge is 2.42. The van der Waals surface area contributed by atoms with Crippen molar-refractivity contribution in [2.24, 2.45) is 0 Å². The summed E-state index contributed by atoms with van der Waals surface area (Å²) in [5.74, 6) is 5.56. The monoisotopic (exact) mass is 1100 g/mol. The first-order valence-electron chi connectivity index (χ1n) is 25.2. The van der Waals surface area contributed by atoms with Gasteiger partial charge in [0.2, 0.25) is 11.5 Å². The number of carbonyl (C=O) groups is 2. The number of fused-ring (bicyclic) bond motifs is 2. The first-order chi connectivity index (χ1) is 35.7. The van der Waals surface area contributed by atoms with Crippen LogP contribution < -0.4 is 72.2 Å². The highest BCUT2D eigenvalue weighted by atomic mass is 35.5. The minimum Gasteiger partial charge on any atom is -1.00 e. The molecular formula is C58H78Cl2N2O14. The molecule has 0 aliphatic carbocycles. The molecule has 418 valence electrons.